The molecule has 100 valence electrons. The number of nitrogens with two attached hydrogens (primary N) is 1. The third kappa shape index (κ3) is 3.02. The summed E-state index contributed by atoms with van der Waals surface area (Å²) >= 11 is 3.20. The number of rotatable bonds is 5. The molecular formula is C11H16BrN3O2S. The number of nitrogens with zero attached hydrogens (tertiary/aromatic N) is 1. The fourth-order valence-corrected chi connectivity index (χ4v) is 3.90. The number of nitrogens with one attached hydrogen (secondary N) is 1. The summed E-state index contributed by atoms with van der Waals surface area (Å²) in [6, 6.07) is 1.52. The molecule has 2 atom stereocenters. The highest BCUT2D eigenvalue weighted by molar-refractivity contribution is 9.10. The van der Waals surface area contributed by atoms with E-state index in [1.807, 2.05) is 0 Å². The summed E-state index contributed by atoms with van der Waals surface area (Å²) in [5.74, 6) is 0.490. The molecule has 3 N–H and O–H groups in total. The first-order valence-electron chi connectivity index (χ1n) is 5.87. The van der Waals surface area contributed by atoms with Crippen LogP contribution >= 0.6 is 15.9 Å². The zero-order valence-corrected chi connectivity index (χ0v) is 12.5. The Hall–Kier alpha value is -0.660. The summed E-state index contributed by atoms with van der Waals surface area (Å²) in [6.07, 6.45) is 4.52. The van der Waals surface area contributed by atoms with Gasteiger partial charge >= 0.3 is 0 Å². The smallest absolute Gasteiger partial charge is 0.244 e. The molecule has 0 amide bonds. The van der Waals surface area contributed by atoms with Crippen LogP contribution in [-0.2, 0) is 10.0 Å². The molecular weight excluding hydrogens is 318 g/mol. The van der Waals surface area contributed by atoms with Gasteiger partial charge in [0, 0.05) is 16.7 Å². The SMILES string of the molecule is CCCC1CC1NS(=O)(=O)c1cc(Br)cnc1N. The number of sulfonamides is 1. The molecule has 1 aliphatic carbocycles. The van der Waals surface area contributed by atoms with Gasteiger partial charge in [0.1, 0.15) is 10.7 Å². The Morgan fingerprint density at radius 2 is 2.33 bits per heavy atom. The number of nitrogen functional groups attached to an aromatic ring is 1. The van der Waals surface area contributed by atoms with Crippen molar-refractivity contribution in [2.75, 3.05) is 5.73 Å². The largest absolute Gasteiger partial charge is 0.383 e. The second kappa shape index (κ2) is 5.14. The third-order valence-electron chi connectivity index (χ3n) is 3.03. The van der Waals surface area contributed by atoms with Crippen molar-refractivity contribution in [3.05, 3.63) is 16.7 Å². The van der Waals surface area contributed by atoms with Crippen LogP contribution in [0.1, 0.15) is 26.2 Å². The van der Waals surface area contributed by atoms with Gasteiger partial charge in [0.2, 0.25) is 10.0 Å². The number of halogens is 1. The van der Waals surface area contributed by atoms with Crippen molar-refractivity contribution in [1.82, 2.24) is 9.71 Å². The van der Waals surface area contributed by atoms with Gasteiger partial charge < -0.3 is 5.73 Å². The number of hydrogen-bond acceptors (Lipinski definition) is 4. The van der Waals surface area contributed by atoms with Crippen molar-refractivity contribution in [2.24, 2.45) is 5.92 Å². The van der Waals surface area contributed by atoms with E-state index in [9.17, 15) is 8.42 Å². The molecule has 1 aromatic heterocycles. The van der Waals surface area contributed by atoms with Gasteiger partial charge in [-0.15, -0.1) is 0 Å². The lowest BCUT2D eigenvalue weighted by Crippen LogP contribution is -2.28. The summed E-state index contributed by atoms with van der Waals surface area (Å²) in [5.41, 5.74) is 5.61. The van der Waals surface area contributed by atoms with Crippen LogP contribution in [0.3, 0.4) is 0 Å². The fraction of sp³-hybridized carbons (Fsp3) is 0.545. The maximum atomic E-state index is 12.2. The summed E-state index contributed by atoms with van der Waals surface area (Å²) in [4.78, 5) is 3.88. The Labute approximate surface area is 115 Å². The minimum Gasteiger partial charge on any atom is -0.383 e. The standard InChI is InChI=1S/C11H16BrN3O2S/c1-2-3-7-4-9(7)15-18(16,17)10-5-8(12)6-14-11(10)13/h5-7,9,15H,2-4H2,1H3,(H2,13,14). The summed E-state index contributed by atoms with van der Waals surface area (Å²) in [7, 11) is -3.57. The van der Waals surface area contributed by atoms with Gasteiger partial charge in [0.25, 0.3) is 0 Å². The molecule has 0 aliphatic heterocycles. The lowest BCUT2D eigenvalue weighted by Gasteiger charge is -2.08. The van der Waals surface area contributed by atoms with Crippen LogP contribution in [0, 0.1) is 5.92 Å². The zero-order chi connectivity index (χ0) is 13.3. The van der Waals surface area contributed by atoms with Gasteiger partial charge in [-0.3, -0.25) is 0 Å². The molecule has 18 heavy (non-hydrogen) atoms. The molecule has 1 fully saturated rings. The molecule has 0 aromatic carbocycles. The van der Waals surface area contributed by atoms with Crippen molar-refractivity contribution in [1.29, 1.82) is 0 Å². The number of aromatic nitrogens is 1. The average Bonchev–Trinajstić information content (AvgIpc) is 2.99. The predicted molar refractivity (Wildman–Crippen MR) is 73.5 cm³/mol. The van der Waals surface area contributed by atoms with Gasteiger partial charge in [0.15, 0.2) is 0 Å². The van der Waals surface area contributed by atoms with E-state index in [2.05, 4.69) is 32.6 Å². The Bertz CT molecular complexity index is 547. The maximum Gasteiger partial charge on any atom is 0.244 e. The van der Waals surface area contributed by atoms with Crippen molar-refractivity contribution in [3.8, 4) is 0 Å². The van der Waals surface area contributed by atoms with Gasteiger partial charge in [-0.2, -0.15) is 0 Å². The highest BCUT2D eigenvalue weighted by atomic mass is 79.9. The first-order valence-corrected chi connectivity index (χ1v) is 8.15. The minimum absolute atomic E-state index is 0.0263. The quantitative estimate of drug-likeness (QED) is 0.861. The molecule has 0 bridgehead atoms. The lowest BCUT2D eigenvalue weighted by molar-refractivity contribution is 0.573. The molecule has 2 unspecified atom stereocenters. The van der Waals surface area contributed by atoms with E-state index >= 15 is 0 Å². The van der Waals surface area contributed by atoms with E-state index in [0.717, 1.165) is 19.3 Å². The molecule has 7 heteroatoms. The molecule has 1 aromatic rings. The van der Waals surface area contributed by atoms with Gasteiger partial charge in [-0.25, -0.2) is 18.1 Å². The Balaban J connectivity index is 2.14. The lowest BCUT2D eigenvalue weighted by atomic mass is 10.2. The van der Waals surface area contributed by atoms with Crippen molar-refractivity contribution >= 4 is 31.8 Å². The van der Waals surface area contributed by atoms with Crippen LogP contribution in [-0.4, -0.2) is 19.4 Å². The van der Waals surface area contributed by atoms with E-state index in [1.54, 1.807) is 0 Å². The van der Waals surface area contributed by atoms with Crippen LogP contribution in [0.15, 0.2) is 21.6 Å². The maximum absolute atomic E-state index is 12.2. The summed E-state index contributed by atoms with van der Waals surface area (Å²) in [6.45, 7) is 2.10. The number of anilines is 1. The highest BCUT2D eigenvalue weighted by Crippen LogP contribution is 2.36. The van der Waals surface area contributed by atoms with Gasteiger partial charge in [-0.1, -0.05) is 13.3 Å². The second-order valence-electron chi connectivity index (χ2n) is 4.55. The molecule has 1 saturated carbocycles. The van der Waals surface area contributed by atoms with Crippen LogP contribution < -0.4 is 10.5 Å². The monoisotopic (exact) mass is 333 g/mol. The van der Waals surface area contributed by atoms with Crippen LogP contribution in [0.2, 0.25) is 0 Å². The van der Waals surface area contributed by atoms with Crippen molar-refractivity contribution in [2.45, 2.75) is 37.1 Å². The summed E-state index contributed by atoms with van der Waals surface area (Å²) < 4.78 is 27.6. The van der Waals surface area contributed by atoms with Crippen molar-refractivity contribution in [3.63, 3.8) is 0 Å². The fourth-order valence-electron chi connectivity index (χ4n) is 1.99. The van der Waals surface area contributed by atoms with Gasteiger partial charge in [-0.05, 0) is 40.8 Å². The predicted octanol–water partition coefficient (Wildman–Crippen LogP) is 1.89. The number of pyridine rings is 1. The van der Waals surface area contributed by atoms with Gasteiger partial charge in [0.05, 0.1) is 0 Å². The molecule has 1 heterocycles. The second-order valence-corrected chi connectivity index (χ2v) is 7.15. The van der Waals surface area contributed by atoms with E-state index in [0.29, 0.717) is 10.4 Å². The normalized spacial score (nSPS) is 23.0. The van der Waals surface area contributed by atoms with E-state index in [1.165, 1.54) is 12.3 Å². The first kappa shape index (κ1) is 13.8. The van der Waals surface area contributed by atoms with Crippen LogP contribution in [0.5, 0.6) is 0 Å². The topological polar surface area (TPSA) is 85.1 Å². The Kier molecular flexibility index (Phi) is 3.93. The Morgan fingerprint density at radius 3 is 3.00 bits per heavy atom. The highest BCUT2D eigenvalue weighted by Gasteiger charge is 2.39. The molecule has 0 saturated heterocycles. The molecule has 5 nitrogen and oxygen atoms in total. The van der Waals surface area contributed by atoms with Crippen LogP contribution in [0.25, 0.3) is 0 Å². The Morgan fingerprint density at radius 1 is 1.61 bits per heavy atom. The molecule has 1 aliphatic rings. The van der Waals surface area contributed by atoms with Crippen molar-refractivity contribution < 1.29 is 8.42 Å². The van der Waals surface area contributed by atoms with E-state index in [-0.39, 0.29) is 16.8 Å². The minimum atomic E-state index is -3.57. The van der Waals surface area contributed by atoms with E-state index < -0.39 is 10.0 Å². The first-order chi connectivity index (χ1) is 8.44. The summed E-state index contributed by atoms with van der Waals surface area (Å²) in [5, 5.41) is 0. The third-order valence-corrected chi connectivity index (χ3v) is 4.98. The molecule has 0 spiro atoms. The molecule has 0 radical (unpaired) electrons. The average molecular weight is 334 g/mol. The molecule has 2 rings (SSSR count). The van der Waals surface area contributed by atoms with Crippen LogP contribution in [0.4, 0.5) is 5.82 Å². The van der Waals surface area contributed by atoms with E-state index in [4.69, 9.17) is 5.73 Å². The zero-order valence-electron chi connectivity index (χ0n) is 10.1. The number of hydrogen-bond donors (Lipinski definition) is 2.